The number of pyridine rings is 1. The Morgan fingerprint density at radius 2 is 2.44 bits per heavy atom. The predicted octanol–water partition coefficient (Wildman–Crippen LogP) is 2.62. The molecule has 0 aliphatic rings. The summed E-state index contributed by atoms with van der Waals surface area (Å²) in [5.74, 6) is 0.559. The average molecular weight is 284 g/mol. The fraction of sp³-hybridized carbons (Fsp3) is 0.182. The van der Waals surface area contributed by atoms with Crippen LogP contribution in [0.2, 0.25) is 5.15 Å². The second kappa shape index (κ2) is 5.79. The zero-order chi connectivity index (χ0) is 13.0. The molecule has 0 saturated heterocycles. The van der Waals surface area contributed by atoms with E-state index in [2.05, 4.69) is 15.3 Å². The minimum Gasteiger partial charge on any atom is -0.481 e. The average Bonchev–Trinajstić information content (AvgIpc) is 2.77. The Labute approximate surface area is 113 Å². The number of carbonyl (C=O) groups is 1. The van der Waals surface area contributed by atoms with Crippen molar-refractivity contribution in [3.63, 3.8) is 0 Å². The summed E-state index contributed by atoms with van der Waals surface area (Å²) in [7, 11) is 1.57. The van der Waals surface area contributed by atoms with Crippen LogP contribution in [0.1, 0.15) is 15.2 Å². The zero-order valence-electron chi connectivity index (χ0n) is 9.51. The number of nitrogens with zero attached hydrogens (tertiary/aromatic N) is 2. The maximum atomic E-state index is 10.6. The van der Waals surface area contributed by atoms with Crippen LogP contribution in [-0.4, -0.2) is 23.4 Å². The van der Waals surface area contributed by atoms with Gasteiger partial charge in [0.1, 0.15) is 4.88 Å². The van der Waals surface area contributed by atoms with Gasteiger partial charge >= 0.3 is 0 Å². The van der Waals surface area contributed by atoms with Crippen LogP contribution in [0, 0.1) is 0 Å². The smallest absolute Gasteiger partial charge is 0.218 e. The molecular weight excluding hydrogens is 274 g/mol. The second-order valence-corrected chi connectivity index (χ2v) is 4.71. The first-order valence-electron chi connectivity index (χ1n) is 5.08. The molecule has 2 heterocycles. The number of ether oxygens (including phenoxy) is 1. The molecule has 18 heavy (non-hydrogen) atoms. The van der Waals surface area contributed by atoms with Gasteiger partial charge in [-0.15, -0.1) is 0 Å². The fourth-order valence-electron chi connectivity index (χ4n) is 1.37. The number of aromatic nitrogens is 2. The van der Waals surface area contributed by atoms with E-state index in [1.165, 1.54) is 11.3 Å². The number of methoxy groups -OCH3 is 1. The van der Waals surface area contributed by atoms with Crippen molar-refractivity contribution in [1.29, 1.82) is 0 Å². The minimum atomic E-state index is 0.218. The third-order valence-electron chi connectivity index (χ3n) is 2.19. The third-order valence-corrected chi connectivity index (χ3v) is 3.53. The van der Waals surface area contributed by atoms with Gasteiger partial charge in [0.15, 0.2) is 16.6 Å². The van der Waals surface area contributed by atoms with Crippen LogP contribution in [0.5, 0.6) is 5.88 Å². The Bertz CT molecular complexity index is 559. The second-order valence-electron chi connectivity index (χ2n) is 3.32. The molecule has 0 saturated carbocycles. The molecule has 0 aromatic carbocycles. The Hall–Kier alpha value is -1.66. The van der Waals surface area contributed by atoms with Crippen molar-refractivity contribution in [3.05, 3.63) is 33.9 Å². The summed E-state index contributed by atoms with van der Waals surface area (Å²) >= 11 is 6.99. The first-order chi connectivity index (χ1) is 8.74. The fourth-order valence-corrected chi connectivity index (χ4v) is 2.34. The maximum absolute atomic E-state index is 10.6. The molecule has 94 valence electrons. The normalized spacial score (nSPS) is 10.1. The summed E-state index contributed by atoms with van der Waals surface area (Å²) in [5, 5.41) is 3.88. The van der Waals surface area contributed by atoms with E-state index in [9.17, 15) is 4.79 Å². The van der Waals surface area contributed by atoms with Gasteiger partial charge in [-0.3, -0.25) is 4.79 Å². The van der Waals surface area contributed by atoms with E-state index in [4.69, 9.17) is 16.3 Å². The lowest BCUT2D eigenvalue weighted by Gasteiger charge is -2.06. The standard InChI is InChI=1S/C11H10ClN3O2S/c1-17-10-7(3-2-4-13-10)5-14-11-15-9(12)8(6-16)18-11/h2-4,6H,5H2,1H3,(H,14,15). The van der Waals surface area contributed by atoms with Crippen LogP contribution < -0.4 is 10.1 Å². The highest BCUT2D eigenvalue weighted by Crippen LogP contribution is 2.26. The Balaban J connectivity index is 2.08. The summed E-state index contributed by atoms with van der Waals surface area (Å²) in [4.78, 5) is 19.2. The molecule has 0 aliphatic carbocycles. The molecule has 0 unspecified atom stereocenters. The van der Waals surface area contributed by atoms with Crippen LogP contribution >= 0.6 is 22.9 Å². The maximum Gasteiger partial charge on any atom is 0.218 e. The van der Waals surface area contributed by atoms with Gasteiger partial charge in [-0.1, -0.05) is 29.0 Å². The van der Waals surface area contributed by atoms with Gasteiger partial charge in [0, 0.05) is 18.3 Å². The molecule has 0 aliphatic heterocycles. The van der Waals surface area contributed by atoms with E-state index in [0.717, 1.165) is 5.56 Å². The Kier molecular flexibility index (Phi) is 4.11. The SMILES string of the molecule is COc1ncccc1CNc1nc(Cl)c(C=O)s1. The number of thiazole rings is 1. The highest BCUT2D eigenvalue weighted by atomic mass is 35.5. The minimum absolute atomic E-state index is 0.218. The molecule has 0 amide bonds. The number of hydrogen-bond acceptors (Lipinski definition) is 6. The van der Waals surface area contributed by atoms with Crippen LogP contribution in [0.25, 0.3) is 0 Å². The Morgan fingerprint density at radius 3 is 3.11 bits per heavy atom. The number of aldehydes is 1. The third kappa shape index (κ3) is 2.77. The van der Waals surface area contributed by atoms with Gasteiger partial charge < -0.3 is 10.1 Å². The summed E-state index contributed by atoms with van der Waals surface area (Å²) in [6.45, 7) is 0.499. The first kappa shape index (κ1) is 12.8. The summed E-state index contributed by atoms with van der Waals surface area (Å²) in [5.41, 5.74) is 0.902. The first-order valence-corrected chi connectivity index (χ1v) is 6.27. The van der Waals surface area contributed by atoms with E-state index in [0.29, 0.717) is 28.7 Å². The van der Waals surface area contributed by atoms with Crippen LogP contribution in [0.15, 0.2) is 18.3 Å². The van der Waals surface area contributed by atoms with Gasteiger partial charge in [-0.05, 0) is 6.07 Å². The van der Waals surface area contributed by atoms with E-state index < -0.39 is 0 Å². The van der Waals surface area contributed by atoms with Crippen LogP contribution in [-0.2, 0) is 6.54 Å². The van der Waals surface area contributed by atoms with E-state index in [1.54, 1.807) is 13.3 Å². The van der Waals surface area contributed by atoms with Crippen LogP contribution in [0.4, 0.5) is 5.13 Å². The van der Waals surface area contributed by atoms with Gasteiger partial charge in [0.25, 0.3) is 0 Å². The van der Waals surface area contributed by atoms with Crippen LogP contribution in [0.3, 0.4) is 0 Å². The molecule has 2 rings (SSSR count). The van der Waals surface area contributed by atoms with E-state index >= 15 is 0 Å². The topological polar surface area (TPSA) is 64.1 Å². The lowest BCUT2D eigenvalue weighted by atomic mass is 10.3. The van der Waals surface area contributed by atoms with Crippen molar-refractivity contribution in [2.45, 2.75) is 6.54 Å². The highest BCUT2D eigenvalue weighted by molar-refractivity contribution is 7.17. The number of rotatable bonds is 5. The monoisotopic (exact) mass is 283 g/mol. The van der Waals surface area contributed by atoms with Gasteiger partial charge in [-0.2, -0.15) is 0 Å². The summed E-state index contributed by atoms with van der Waals surface area (Å²) in [6, 6.07) is 3.72. The Morgan fingerprint density at radius 1 is 1.61 bits per heavy atom. The van der Waals surface area contributed by atoms with Gasteiger partial charge in [0.05, 0.1) is 7.11 Å². The number of carbonyl (C=O) groups excluding carboxylic acids is 1. The molecule has 0 fully saturated rings. The highest BCUT2D eigenvalue weighted by Gasteiger charge is 2.09. The van der Waals surface area contributed by atoms with Gasteiger partial charge in [-0.25, -0.2) is 9.97 Å². The van der Waals surface area contributed by atoms with Crippen molar-refractivity contribution in [3.8, 4) is 5.88 Å². The molecule has 0 atom stereocenters. The summed E-state index contributed by atoms with van der Waals surface area (Å²) < 4.78 is 5.13. The quantitative estimate of drug-likeness (QED) is 0.855. The number of nitrogens with one attached hydrogen (secondary N) is 1. The molecule has 0 radical (unpaired) electrons. The molecule has 0 spiro atoms. The van der Waals surface area contributed by atoms with Crippen molar-refractivity contribution >= 4 is 34.4 Å². The number of hydrogen-bond donors (Lipinski definition) is 1. The summed E-state index contributed by atoms with van der Waals surface area (Å²) in [6.07, 6.45) is 2.35. The molecule has 0 bridgehead atoms. The molecule has 7 heteroatoms. The number of halogens is 1. The number of anilines is 1. The van der Waals surface area contributed by atoms with E-state index in [1.807, 2.05) is 12.1 Å². The van der Waals surface area contributed by atoms with Crippen molar-refractivity contribution in [2.75, 3.05) is 12.4 Å². The van der Waals surface area contributed by atoms with Crippen molar-refractivity contribution in [2.24, 2.45) is 0 Å². The molecule has 2 aromatic heterocycles. The molecule has 5 nitrogen and oxygen atoms in total. The largest absolute Gasteiger partial charge is 0.481 e. The lowest BCUT2D eigenvalue weighted by Crippen LogP contribution is -2.02. The zero-order valence-corrected chi connectivity index (χ0v) is 11.1. The van der Waals surface area contributed by atoms with Crippen molar-refractivity contribution < 1.29 is 9.53 Å². The van der Waals surface area contributed by atoms with E-state index in [-0.39, 0.29) is 5.15 Å². The van der Waals surface area contributed by atoms with Gasteiger partial charge in [0.2, 0.25) is 5.88 Å². The molecular formula is C11H10ClN3O2S. The predicted molar refractivity (Wildman–Crippen MR) is 70.6 cm³/mol. The lowest BCUT2D eigenvalue weighted by molar-refractivity contribution is 0.112. The molecule has 1 N–H and O–H groups in total. The molecule has 2 aromatic rings. The van der Waals surface area contributed by atoms with Crippen molar-refractivity contribution in [1.82, 2.24) is 9.97 Å².